The summed E-state index contributed by atoms with van der Waals surface area (Å²) in [6, 6.07) is 3.69. The first-order chi connectivity index (χ1) is 21.8. The fourth-order valence-electron chi connectivity index (χ4n) is 4.72. The number of morpholine rings is 1. The maximum atomic E-state index is 13.6. The highest BCUT2D eigenvalue weighted by Crippen LogP contribution is 2.22. The van der Waals surface area contributed by atoms with E-state index in [9.17, 15) is 19.2 Å². The first-order valence-corrected chi connectivity index (χ1v) is 15.6. The SMILES string of the molecule is Cc1cc(C)c(C(=O)NCCOCCOCCOCCN)cc1CN(Cc1csc2nccn12)C(=O)CN1C(=O)COCC1=O. The number of aromatic nitrogens is 2. The third kappa shape index (κ3) is 9.63. The Kier molecular flexibility index (Phi) is 13.0. The van der Waals surface area contributed by atoms with Gasteiger partial charge in [-0.2, -0.15) is 0 Å². The van der Waals surface area contributed by atoms with Gasteiger partial charge in [0.15, 0.2) is 4.96 Å². The summed E-state index contributed by atoms with van der Waals surface area (Å²) >= 11 is 1.45. The average molecular weight is 645 g/mol. The van der Waals surface area contributed by atoms with Crippen molar-refractivity contribution in [2.24, 2.45) is 5.73 Å². The summed E-state index contributed by atoms with van der Waals surface area (Å²) in [5.74, 6) is -1.77. The lowest BCUT2D eigenvalue weighted by Crippen LogP contribution is -2.50. The molecular weight excluding hydrogens is 604 g/mol. The lowest BCUT2D eigenvalue weighted by molar-refractivity contribution is -0.161. The van der Waals surface area contributed by atoms with Gasteiger partial charge in [-0.3, -0.25) is 28.5 Å². The Morgan fingerprint density at radius 2 is 1.69 bits per heavy atom. The Hall–Kier alpha value is -3.73. The summed E-state index contributed by atoms with van der Waals surface area (Å²) in [5.41, 5.74) is 9.13. The fourth-order valence-corrected chi connectivity index (χ4v) is 5.56. The Bertz CT molecular complexity index is 1460. The third-order valence-electron chi connectivity index (χ3n) is 7.10. The molecule has 0 radical (unpaired) electrons. The van der Waals surface area contributed by atoms with Gasteiger partial charge in [-0.05, 0) is 36.6 Å². The molecule has 4 amide bonds. The molecule has 0 spiro atoms. The first kappa shape index (κ1) is 34.1. The average Bonchev–Trinajstić information content (AvgIpc) is 3.63. The van der Waals surface area contributed by atoms with Crippen LogP contribution in [-0.2, 0) is 46.4 Å². The topological polar surface area (TPSA) is 167 Å². The molecule has 0 saturated carbocycles. The standard InChI is InChI=1S/C30H40N6O8S/c1-21-13-22(2)25(29(40)32-5-8-42-10-12-43-11-9-41-7-3-31)14-23(21)15-34(16-24-20-45-30-33-4-6-35(24)30)26(37)17-36-27(38)18-44-19-28(36)39/h4,6,13-14,20H,3,5,7-12,15-19,31H2,1-2H3,(H,32,40). The van der Waals surface area contributed by atoms with E-state index >= 15 is 0 Å². The van der Waals surface area contributed by atoms with Crippen LogP contribution in [0, 0.1) is 13.8 Å². The van der Waals surface area contributed by atoms with Crippen LogP contribution in [0.2, 0.25) is 0 Å². The maximum Gasteiger partial charge on any atom is 0.255 e. The van der Waals surface area contributed by atoms with E-state index in [1.165, 1.54) is 11.3 Å². The molecule has 0 aliphatic carbocycles. The molecule has 3 N–H and O–H groups in total. The number of benzene rings is 1. The molecule has 1 aliphatic rings. The van der Waals surface area contributed by atoms with E-state index in [1.54, 1.807) is 17.2 Å². The molecule has 3 heterocycles. The summed E-state index contributed by atoms with van der Waals surface area (Å²) in [7, 11) is 0. The molecule has 1 aliphatic heterocycles. The molecule has 3 aromatic rings. The Morgan fingerprint density at radius 3 is 2.40 bits per heavy atom. The van der Waals surface area contributed by atoms with Crippen molar-refractivity contribution in [3.63, 3.8) is 0 Å². The van der Waals surface area contributed by atoms with E-state index in [1.807, 2.05) is 35.9 Å². The number of nitrogens with zero attached hydrogens (tertiary/aromatic N) is 4. The number of carbonyl (C=O) groups excluding carboxylic acids is 4. The van der Waals surface area contributed by atoms with Crippen molar-refractivity contribution in [3.05, 3.63) is 57.9 Å². The predicted octanol–water partition coefficient (Wildman–Crippen LogP) is 0.665. The van der Waals surface area contributed by atoms with Crippen LogP contribution in [0.5, 0.6) is 0 Å². The number of ether oxygens (including phenoxy) is 4. The quantitative estimate of drug-likeness (QED) is 0.148. The van der Waals surface area contributed by atoms with Gasteiger partial charge in [0, 0.05) is 43.0 Å². The number of imidazole rings is 1. The third-order valence-corrected chi connectivity index (χ3v) is 8.00. The Labute approximate surface area is 265 Å². The lowest BCUT2D eigenvalue weighted by atomic mass is 9.98. The summed E-state index contributed by atoms with van der Waals surface area (Å²) in [6.07, 6.45) is 3.50. The van der Waals surface area contributed by atoms with E-state index in [-0.39, 0.29) is 32.2 Å². The minimum atomic E-state index is -0.554. The number of aryl methyl sites for hydroxylation is 2. The largest absolute Gasteiger partial charge is 0.378 e. The van der Waals surface area contributed by atoms with Gasteiger partial charge < -0.3 is 34.9 Å². The zero-order valence-corrected chi connectivity index (χ0v) is 26.4. The van der Waals surface area contributed by atoms with Gasteiger partial charge in [0.05, 0.1) is 51.9 Å². The minimum Gasteiger partial charge on any atom is -0.378 e. The highest BCUT2D eigenvalue weighted by Gasteiger charge is 2.30. The molecule has 244 valence electrons. The van der Waals surface area contributed by atoms with Gasteiger partial charge in [0.2, 0.25) is 5.91 Å². The summed E-state index contributed by atoms with van der Waals surface area (Å²) in [5, 5.41) is 4.80. The molecule has 1 saturated heterocycles. The first-order valence-electron chi connectivity index (χ1n) is 14.7. The van der Waals surface area contributed by atoms with Crippen LogP contribution in [0.1, 0.15) is 32.7 Å². The summed E-state index contributed by atoms with van der Waals surface area (Å²) < 4.78 is 23.1. The zero-order chi connectivity index (χ0) is 32.2. The molecule has 0 bridgehead atoms. The number of carbonyl (C=O) groups is 4. The number of thiazole rings is 1. The second kappa shape index (κ2) is 17.1. The minimum absolute atomic E-state index is 0.157. The number of hydrogen-bond donors (Lipinski definition) is 2. The molecule has 1 aromatic carbocycles. The number of amides is 4. The van der Waals surface area contributed by atoms with E-state index in [0.717, 1.165) is 32.2 Å². The van der Waals surface area contributed by atoms with Crippen LogP contribution in [0.4, 0.5) is 0 Å². The van der Waals surface area contributed by atoms with Gasteiger partial charge in [-0.1, -0.05) is 6.07 Å². The van der Waals surface area contributed by atoms with Gasteiger partial charge in [0.25, 0.3) is 17.7 Å². The van der Waals surface area contributed by atoms with E-state index < -0.39 is 24.3 Å². The van der Waals surface area contributed by atoms with E-state index in [4.69, 9.17) is 24.7 Å². The van der Waals surface area contributed by atoms with Crippen LogP contribution in [0.3, 0.4) is 0 Å². The zero-order valence-electron chi connectivity index (χ0n) is 25.6. The van der Waals surface area contributed by atoms with Crippen LogP contribution in [0.25, 0.3) is 4.96 Å². The number of fused-ring (bicyclic) bond motifs is 1. The van der Waals surface area contributed by atoms with Crippen molar-refractivity contribution in [3.8, 4) is 0 Å². The second-order valence-electron chi connectivity index (χ2n) is 10.4. The highest BCUT2D eigenvalue weighted by atomic mass is 32.1. The second-order valence-corrected chi connectivity index (χ2v) is 11.2. The van der Waals surface area contributed by atoms with Crippen molar-refractivity contribution in [1.29, 1.82) is 0 Å². The van der Waals surface area contributed by atoms with Crippen molar-refractivity contribution in [2.45, 2.75) is 26.9 Å². The predicted molar refractivity (Wildman–Crippen MR) is 165 cm³/mol. The number of imide groups is 1. The highest BCUT2D eigenvalue weighted by molar-refractivity contribution is 7.15. The number of rotatable bonds is 18. The molecule has 0 atom stereocenters. The van der Waals surface area contributed by atoms with Crippen LogP contribution >= 0.6 is 11.3 Å². The van der Waals surface area contributed by atoms with Crippen molar-refractivity contribution >= 4 is 39.9 Å². The lowest BCUT2D eigenvalue weighted by Gasteiger charge is -2.29. The molecule has 0 unspecified atom stereocenters. The van der Waals surface area contributed by atoms with Crippen LogP contribution < -0.4 is 11.1 Å². The molecule has 1 fully saturated rings. The van der Waals surface area contributed by atoms with E-state index in [0.29, 0.717) is 58.3 Å². The number of hydrogen-bond acceptors (Lipinski definition) is 11. The van der Waals surface area contributed by atoms with Gasteiger partial charge >= 0.3 is 0 Å². The smallest absolute Gasteiger partial charge is 0.255 e. The normalized spacial score (nSPS) is 13.5. The monoisotopic (exact) mass is 644 g/mol. The summed E-state index contributed by atoms with van der Waals surface area (Å²) in [6.45, 7) is 6.60. The Balaban J connectivity index is 1.39. The Morgan fingerprint density at radius 1 is 1.00 bits per heavy atom. The molecule has 2 aromatic heterocycles. The van der Waals surface area contributed by atoms with Gasteiger partial charge in [-0.15, -0.1) is 11.3 Å². The van der Waals surface area contributed by atoms with E-state index in [2.05, 4.69) is 10.3 Å². The molecule has 4 rings (SSSR count). The van der Waals surface area contributed by atoms with Crippen LogP contribution in [0.15, 0.2) is 29.9 Å². The molecule has 14 nitrogen and oxygen atoms in total. The number of nitrogens with two attached hydrogens (primary N) is 1. The van der Waals surface area contributed by atoms with Crippen molar-refractivity contribution in [1.82, 2.24) is 24.5 Å². The molecule has 45 heavy (non-hydrogen) atoms. The van der Waals surface area contributed by atoms with Gasteiger partial charge in [0.1, 0.15) is 19.8 Å². The van der Waals surface area contributed by atoms with Crippen molar-refractivity contribution < 1.29 is 38.1 Å². The molecule has 15 heteroatoms. The van der Waals surface area contributed by atoms with Crippen LogP contribution in [-0.4, -0.2) is 115 Å². The molecular formula is C30H40N6O8S. The fraction of sp³-hybridized carbons (Fsp3) is 0.500. The van der Waals surface area contributed by atoms with Crippen molar-refractivity contribution in [2.75, 3.05) is 72.5 Å². The van der Waals surface area contributed by atoms with Gasteiger partial charge in [-0.25, -0.2) is 4.98 Å². The maximum absolute atomic E-state index is 13.6. The number of nitrogens with one attached hydrogen (secondary N) is 1. The summed E-state index contributed by atoms with van der Waals surface area (Å²) in [4.78, 5) is 59.0.